The number of rotatable bonds is 2. The highest BCUT2D eigenvalue weighted by Gasteiger charge is 2.29. The van der Waals surface area contributed by atoms with Crippen molar-refractivity contribution in [2.75, 3.05) is 13.1 Å². The van der Waals surface area contributed by atoms with Crippen LogP contribution in [0.15, 0.2) is 18.2 Å². The number of H-pyrrole nitrogens is 1. The van der Waals surface area contributed by atoms with Gasteiger partial charge in [-0.05, 0) is 44.4 Å². The number of urea groups is 1. The Kier molecular flexibility index (Phi) is 4.01. The summed E-state index contributed by atoms with van der Waals surface area (Å²) in [6, 6.07) is 5.60. The van der Waals surface area contributed by atoms with Gasteiger partial charge in [0, 0.05) is 18.1 Å². The van der Waals surface area contributed by atoms with Crippen molar-refractivity contribution in [3.05, 3.63) is 29.0 Å². The standard InChI is InChI=1S/C15H19ClN4O/c1-2-17-15(21)20-8-4-3-5-13(20)14-18-11-7-6-10(16)9-12(11)19-14/h6-7,9,13H,2-5,8H2,1H3,(H,17,21)(H,18,19). The first-order chi connectivity index (χ1) is 10.2. The van der Waals surface area contributed by atoms with Gasteiger partial charge in [0.05, 0.1) is 17.1 Å². The van der Waals surface area contributed by atoms with E-state index in [1.54, 1.807) is 0 Å². The number of fused-ring (bicyclic) bond motifs is 1. The Morgan fingerprint density at radius 2 is 2.38 bits per heavy atom. The van der Waals surface area contributed by atoms with Crippen LogP contribution in [0.3, 0.4) is 0 Å². The number of piperidine rings is 1. The van der Waals surface area contributed by atoms with Gasteiger partial charge in [-0.3, -0.25) is 0 Å². The highest BCUT2D eigenvalue weighted by molar-refractivity contribution is 6.31. The van der Waals surface area contributed by atoms with Crippen molar-refractivity contribution in [1.82, 2.24) is 20.2 Å². The van der Waals surface area contributed by atoms with Crippen LogP contribution >= 0.6 is 11.6 Å². The number of nitrogens with zero attached hydrogens (tertiary/aromatic N) is 2. The summed E-state index contributed by atoms with van der Waals surface area (Å²) >= 11 is 6.01. The number of nitrogens with one attached hydrogen (secondary N) is 2. The molecular weight excluding hydrogens is 288 g/mol. The lowest BCUT2D eigenvalue weighted by Gasteiger charge is -2.34. The molecule has 2 aromatic rings. The highest BCUT2D eigenvalue weighted by atomic mass is 35.5. The van der Waals surface area contributed by atoms with Crippen molar-refractivity contribution in [3.63, 3.8) is 0 Å². The molecule has 1 aliphatic rings. The Morgan fingerprint density at radius 3 is 3.19 bits per heavy atom. The van der Waals surface area contributed by atoms with Crippen LogP contribution < -0.4 is 5.32 Å². The molecule has 1 atom stereocenters. The van der Waals surface area contributed by atoms with Crippen LogP contribution in [0.4, 0.5) is 4.79 Å². The second-order valence-electron chi connectivity index (χ2n) is 5.32. The van der Waals surface area contributed by atoms with Crippen molar-refractivity contribution in [1.29, 1.82) is 0 Å². The normalized spacial score (nSPS) is 19.0. The van der Waals surface area contributed by atoms with Crippen molar-refractivity contribution in [2.45, 2.75) is 32.2 Å². The molecule has 0 bridgehead atoms. The van der Waals surface area contributed by atoms with Crippen LogP contribution in [0.5, 0.6) is 0 Å². The smallest absolute Gasteiger partial charge is 0.318 e. The monoisotopic (exact) mass is 306 g/mol. The second kappa shape index (κ2) is 5.93. The number of halogens is 1. The summed E-state index contributed by atoms with van der Waals surface area (Å²) < 4.78 is 0. The Balaban J connectivity index is 1.92. The fourth-order valence-electron chi connectivity index (χ4n) is 2.87. The molecule has 1 aromatic heterocycles. The first kappa shape index (κ1) is 14.2. The largest absolute Gasteiger partial charge is 0.340 e. The zero-order valence-corrected chi connectivity index (χ0v) is 12.8. The number of imidazole rings is 1. The van der Waals surface area contributed by atoms with Crippen molar-refractivity contribution in [2.24, 2.45) is 0 Å². The SMILES string of the molecule is CCNC(=O)N1CCCCC1c1nc2ccc(Cl)cc2[nH]1. The lowest BCUT2D eigenvalue weighted by atomic mass is 10.0. The average molecular weight is 307 g/mol. The molecule has 1 unspecified atom stereocenters. The molecule has 2 amide bonds. The van der Waals surface area contributed by atoms with Gasteiger partial charge in [-0.1, -0.05) is 11.6 Å². The molecule has 0 spiro atoms. The molecule has 2 heterocycles. The Hall–Kier alpha value is -1.75. The van der Waals surface area contributed by atoms with Crippen LogP contribution in [0.2, 0.25) is 5.02 Å². The predicted molar refractivity (Wildman–Crippen MR) is 83.5 cm³/mol. The third-order valence-electron chi connectivity index (χ3n) is 3.87. The molecule has 2 N–H and O–H groups in total. The van der Waals surface area contributed by atoms with Crippen molar-refractivity contribution in [3.8, 4) is 0 Å². The molecule has 0 saturated carbocycles. The van der Waals surface area contributed by atoms with Crippen LogP contribution in [-0.4, -0.2) is 34.0 Å². The number of carbonyl (C=O) groups excluding carboxylic acids is 1. The zero-order chi connectivity index (χ0) is 14.8. The van der Waals surface area contributed by atoms with Gasteiger partial charge in [0.1, 0.15) is 5.82 Å². The van der Waals surface area contributed by atoms with E-state index in [1.165, 1.54) is 0 Å². The fourth-order valence-corrected chi connectivity index (χ4v) is 3.04. The number of hydrogen-bond acceptors (Lipinski definition) is 2. The molecule has 1 fully saturated rings. The van der Waals surface area contributed by atoms with Gasteiger partial charge in [0.15, 0.2) is 0 Å². The van der Waals surface area contributed by atoms with E-state index in [9.17, 15) is 4.79 Å². The molecule has 112 valence electrons. The summed E-state index contributed by atoms with van der Waals surface area (Å²) in [5, 5.41) is 3.56. The van der Waals surface area contributed by atoms with E-state index in [2.05, 4.69) is 15.3 Å². The van der Waals surface area contributed by atoms with Crippen molar-refractivity contribution >= 4 is 28.7 Å². The zero-order valence-electron chi connectivity index (χ0n) is 12.0. The van der Waals surface area contributed by atoms with Crippen molar-refractivity contribution < 1.29 is 4.79 Å². The molecule has 0 aliphatic carbocycles. The summed E-state index contributed by atoms with van der Waals surface area (Å²) in [5.74, 6) is 0.846. The molecular formula is C15H19ClN4O. The topological polar surface area (TPSA) is 61.0 Å². The number of aromatic amines is 1. The Morgan fingerprint density at radius 1 is 1.52 bits per heavy atom. The lowest BCUT2D eigenvalue weighted by molar-refractivity contribution is 0.148. The van der Waals surface area contributed by atoms with E-state index in [4.69, 9.17) is 11.6 Å². The Bertz CT molecular complexity index is 654. The molecule has 1 aliphatic heterocycles. The maximum absolute atomic E-state index is 12.2. The second-order valence-corrected chi connectivity index (χ2v) is 5.76. The molecule has 5 nitrogen and oxygen atoms in total. The average Bonchev–Trinajstić information content (AvgIpc) is 2.90. The van der Waals surface area contributed by atoms with Crippen LogP contribution in [0.1, 0.15) is 38.1 Å². The number of benzene rings is 1. The number of amides is 2. The summed E-state index contributed by atoms with van der Waals surface area (Å²) in [4.78, 5) is 22.0. The van der Waals surface area contributed by atoms with Gasteiger partial charge in [0.2, 0.25) is 0 Å². The van der Waals surface area contributed by atoms with Gasteiger partial charge in [-0.25, -0.2) is 9.78 Å². The Labute approximate surface area is 128 Å². The van der Waals surface area contributed by atoms with Crippen LogP contribution in [0, 0.1) is 0 Å². The molecule has 21 heavy (non-hydrogen) atoms. The minimum Gasteiger partial charge on any atom is -0.340 e. The molecule has 1 aromatic carbocycles. The van der Waals surface area contributed by atoms with E-state index >= 15 is 0 Å². The quantitative estimate of drug-likeness (QED) is 0.892. The number of aromatic nitrogens is 2. The summed E-state index contributed by atoms with van der Waals surface area (Å²) in [5.41, 5.74) is 1.80. The van der Waals surface area contributed by atoms with Crippen LogP contribution in [-0.2, 0) is 0 Å². The van der Waals surface area contributed by atoms with Gasteiger partial charge < -0.3 is 15.2 Å². The predicted octanol–water partition coefficient (Wildman–Crippen LogP) is 3.47. The first-order valence-electron chi connectivity index (χ1n) is 7.38. The molecule has 6 heteroatoms. The number of hydrogen-bond donors (Lipinski definition) is 2. The summed E-state index contributed by atoms with van der Waals surface area (Å²) in [6.07, 6.45) is 3.09. The van der Waals surface area contributed by atoms with Gasteiger partial charge in [-0.15, -0.1) is 0 Å². The number of carbonyl (C=O) groups is 1. The highest BCUT2D eigenvalue weighted by Crippen LogP contribution is 2.30. The first-order valence-corrected chi connectivity index (χ1v) is 7.76. The van der Waals surface area contributed by atoms with E-state index in [0.717, 1.165) is 42.7 Å². The summed E-state index contributed by atoms with van der Waals surface area (Å²) in [7, 11) is 0. The van der Waals surface area contributed by atoms with Gasteiger partial charge >= 0.3 is 6.03 Å². The van der Waals surface area contributed by atoms with E-state index < -0.39 is 0 Å². The summed E-state index contributed by atoms with van der Waals surface area (Å²) in [6.45, 7) is 3.34. The minimum atomic E-state index is -0.0133. The third-order valence-corrected chi connectivity index (χ3v) is 4.10. The third kappa shape index (κ3) is 2.83. The maximum atomic E-state index is 12.2. The van der Waals surface area contributed by atoms with Gasteiger partial charge in [-0.2, -0.15) is 0 Å². The van der Waals surface area contributed by atoms with E-state index in [-0.39, 0.29) is 12.1 Å². The lowest BCUT2D eigenvalue weighted by Crippen LogP contribution is -2.44. The minimum absolute atomic E-state index is 0.0106. The van der Waals surface area contributed by atoms with E-state index in [1.807, 2.05) is 30.0 Å². The van der Waals surface area contributed by atoms with E-state index in [0.29, 0.717) is 11.6 Å². The number of likely N-dealkylation sites (tertiary alicyclic amines) is 1. The van der Waals surface area contributed by atoms with Gasteiger partial charge in [0.25, 0.3) is 0 Å². The van der Waals surface area contributed by atoms with Crippen LogP contribution in [0.25, 0.3) is 11.0 Å². The fraction of sp³-hybridized carbons (Fsp3) is 0.467. The molecule has 1 saturated heterocycles. The molecule has 0 radical (unpaired) electrons. The maximum Gasteiger partial charge on any atom is 0.318 e. The molecule has 3 rings (SSSR count).